The third-order valence-corrected chi connectivity index (χ3v) is 6.34. The summed E-state index contributed by atoms with van der Waals surface area (Å²) in [6, 6.07) is 12.6. The zero-order chi connectivity index (χ0) is 23.0. The molecule has 164 valence electrons. The Hall–Kier alpha value is -3.10. The van der Waals surface area contributed by atoms with Gasteiger partial charge in [-0.3, -0.25) is 18.8 Å². The molecule has 0 radical (unpaired) electrons. The number of carbonyl (C=O) groups excluding carboxylic acids is 1. The molecule has 1 N–H and O–H groups in total. The van der Waals surface area contributed by atoms with Crippen LogP contribution in [0.4, 0.5) is 5.69 Å². The first kappa shape index (κ1) is 22.1. The molecule has 0 saturated carbocycles. The second kappa shape index (κ2) is 8.80. The maximum Gasteiger partial charge on any atom is 0.266 e. The van der Waals surface area contributed by atoms with E-state index in [1.165, 1.54) is 11.8 Å². The highest BCUT2D eigenvalue weighted by molar-refractivity contribution is 7.99. The minimum absolute atomic E-state index is 0.0815. The maximum atomic E-state index is 13.4. The molecule has 0 atom stereocenters. The standard InChI is InChI=1S/C23H22ClN5O2S/c1-13-6-5-7-17(10-13)29-22(31)18-9-8-16(24)11-19(18)25-23(29)32-12-20(30)26-21-14(2)27-28(4)15(21)3/h5-11H,12H2,1-4H3,(H,26,30). The van der Waals surface area contributed by atoms with E-state index in [2.05, 4.69) is 15.4 Å². The zero-order valence-electron chi connectivity index (χ0n) is 18.1. The number of anilines is 1. The SMILES string of the molecule is Cc1cccc(-n2c(SCC(=O)Nc3c(C)nn(C)c3C)nc3cc(Cl)ccc3c2=O)c1. The van der Waals surface area contributed by atoms with Gasteiger partial charge in [0.25, 0.3) is 5.56 Å². The molecule has 2 aromatic heterocycles. The smallest absolute Gasteiger partial charge is 0.266 e. The van der Waals surface area contributed by atoms with Crippen molar-refractivity contribution >= 4 is 45.9 Å². The van der Waals surface area contributed by atoms with Crippen LogP contribution in [-0.2, 0) is 11.8 Å². The number of nitrogens with one attached hydrogen (secondary N) is 1. The molecule has 0 aliphatic carbocycles. The molecule has 4 rings (SSSR count). The number of hydrogen-bond donors (Lipinski definition) is 1. The van der Waals surface area contributed by atoms with E-state index in [9.17, 15) is 9.59 Å². The molecule has 1 amide bonds. The van der Waals surface area contributed by atoms with Crippen LogP contribution in [0.15, 0.2) is 52.4 Å². The number of rotatable bonds is 5. The summed E-state index contributed by atoms with van der Waals surface area (Å²) in [6.45, 7) is 5.70. The number of halogens is 1. The van der Waals surface area contributed by atoms with E-state index < -0.39 is 0 Å². The number of thioether (sulfide) groups is 1. The van der Waals surface area contributed by atoms with Crippen molar-refractivity contribution in [1.29, 1.82) is 0 Å². The molecule has 0 unspecified atom stereocenters. The zero-order valence-corrected chi connectivity index (χ0v) is 19.7. The average Bonchev–Trinajstić information content (AvgIpc) is 2.98. The van der Waals surface area contributed by atoms with E-state index >= 15 is 0 Å². The molecule has 0 spiro atoms. The number of carbonyl (C=O) groups is 1. The summed E-state index contributed by atoms with van der Waals surface area (Å²) in [5.41, 5.74) is 4.32. The lowest BCUT2D eigenvalue weighted by Gasteiger charge is -2.14. The Morgan fingerprint density at radius 2 is 1.94 bits per heavy atom. The first-order valence-electron chi connectivity index (χ1n) is 9.97. The van der Waals surface area contributed by atoms with Crippen molar-refractivity contribution in [3.63, 3.8) is 0 Å². The number of nitrogens with zero attached hydrogens (tertiary/aromatic N) is 4. The van der Waals surface area contributed by atoms with Crippen molar-refractivity contribution in [3.05, 3.63) is 74.8 Å². The molecule has 2 aromatic carbocycles. The lowest BCUT2D eigenvalue weighted by molar-refractivity contribution is -0.113. The molecule has 32 heavy (non-hydrogen) atoms. The third-order valence-electron chi connectivity index (χ3n) is 5.17. The van der Waals surface area contributed by atoms with Gasteiger partial charge in [-0.1, -0.05) is 35.5 Å². The largest absolute Gasteiger partial charge is 0.322 e. The van der Waals surface area contributed by atoms with Crippen molar-refractivity contribution < 1.29 is 4.79 Å². The number of benzene rings is 2. The Morgan fingerprint density at radius 3 is 2.62 bits per heavy atom. The van der Waals surface area contributed by atoms with Crippen molar-refractivity contribution in [2.24, 2.45) is 7.05 Å². The van der Waals surface area contributed by atoms with Crippen LogP contribution in [0.3, 0.4) is 0 Å². The Bertz CT molecular complexity index is 1410. The van der Waals surface area contributed by atoms with Crippen LogP contribution in [0.1, 0.15) is 17.0 Å². The monoisotopic (exact) mass is 467 g/mol. The van der Waals surface area contributed by atoms with Gasteiger partial charge in [0.1, 0.15) is 0 Å². The van der Waals surface area contributed by atoms with E-state index in [0.29, 0.717) is 32.5 Å². The molecular weight excluding hydrogens is 446 g/mol. The van der Waals surface area contributed by atoms with Crippen LogP contribution in [0.25, 0.3) is 16.6 Å². The second-order valence-corrected chi connectivity index (χ2v) is 8.92. The van der Waals surface area contributed by atoms with Crippen LogP contribution < -0.4 is 10.9 Å². The van der Waals surface area contributed by atoms with Crippen molar-refractivity contribution in [2.75, 3.05) is 11.1 Å². The van der Waals surface area contributed by atoms with Gasteiger partial charge in [-0.05, 0) is 56.7 Å². The van der Waals surface area contributed by atoms with E-state index in [1.54, 1.807) is 27.4 Å². The van der Waals surface area contributed by atoms with Crippen molar-refractivity contribution in [1.82, 2.24) is 19.3 Å². The number of hydrogen-bond acceptors (Lipinski definition) is 5. The summed E-state index contributed by atoms with van der Waals surface area (Å²) in [7, 11) is 1.83. The van der Waals surface area contributed by atoms with Gasteiger partial charge in [0.05, 0.1) is 39.4 Å². The average molecular weight is 468 g/mol. The lowest BCUT2D eigenvalue weighted by atomic mass is 10.2. The predicted molar refractivity (Wildman–Crippen MR) is 129 cm³/mol. The van der Waals surface area contributed by atoms with Crippen LogP contribution in [0.2, 0.25) is 5.02 Å². The van der Waals surface area contributed by atoms with Gasteiger partial charge >= 0.3 is 0 Å². The Balaban J connectivity index is 1.71. The fourth-order valence-corrected chi connectivity index (χ4v) is 4.47. The van der Waals surface area contributed by atoms with Crippen molar-refractivity contribution in [3.8, 4) is 5.69 Å². The number of amides is 1. The highest BCUT2D eigenvalue weighted by atomic mass is 35.5. The van der Waals surface area contributed by atoms with Gasteiger partial charge in [0.15, 0.2) is 5.16 Å². The molecule has 2 heterocycles. The first-order chi connectivity index (χ1) is 15.2. The van der Waals surface area contributed by atoms with E-state index in [4.69, 9.17) is 11.6 Å². The number of fused-ring (bicyclic) bond motifs is 1. The molecule has 0 aliphatic rings. The summed E-state index contributed by atoms with van der Waals surface area (Å²) >= 11 is 7.32. The van der Waals surface area contributed by atoms with Gasteiger partial charge in [-0.25, -0.2) is 4.98 Å². The molecule has 4 aromatic rings. The fraction of sp³-hybridized carbons (Fsp3) is 0.217. The number of aryl methyl sites for hydroxylation is 3. The first-order valence-corrected chi connectivity index (χ1v) is 11.3. The highest BCUT2D eigenvalue weighted by Gasteiger charge is 2.17. The number of aromatic nitrogens is 4. The minimum Gasteiger partial charge on any atom is -0.322 e. The summed E-state index contributed by atoms with van der Waals surface area (Å²) in [5.74, 6) is -0.122. The third kappa shape index (κ3) is 4.28. The van der Waals surface area contributed by atoms with Gasteiger partial charge in [0, 0.05) is 12.1 Å². The summed E-state index contributed by atoms with van der Waals surface area (Å²) < 4.78 is 3.27. The molecule has 0 saturated heterocycles. The molecule has 0 bridgehead atoms. The van der Waals surface area contributed by atoms with E-state index in [1.807, 2.05) is 52.1 Å². The van der Waals surface area contributed by atoms with E-state index in [0.717, 1.165) is 17.0 Å². The quantitative estimate of drug-likeness (QED) is 0.347. The lowest BCUT2D eigenvalue weighted by Crippen LogP contribution is -2.23. The maximum absolute atomic E-state index is 13.4. The Morgan fingerprint density at radius 1 is 1.16 bits per heavy atom. The summed E-state index contributed by atoms with van der Waals surface area (Å²) in [4.78, 5) is 30.7. The van der Waals surface area contributed by atoms with Crippen LogP contribution in [0.5, 0.6) is 0 Å². The van der Waals surface area contributed by atoms with Crippen LogP contribution >= 0.6 is 23.4 Å². The Labute approximate surface area is 194 Å². The topological polar surface area (TPSA) is 81.8 Å². The summed E-state index contributed by atoms with van der Waals surface area (Å²) in [6.07, 6.45) is 0. The van der Waals surface area contributed by atoms with Gasteiger partial charge in [-0.2, -0.15) is 5.10 Å². The van der Waals surface area contributed by atoms with Gasteiger partial charge in [0.2, 0.25) is 5.91 Å². The fourth-order valence-electron chi connectivity index (χ4n) is 3.49. The normalized spacial score (nSPS) is 11.2. The molecule has 0 fully saturated rings. The highest BCUT2D eigenvalue weighted by Crippen LogP contribution is 2.24. The molecule has 0 aliphatic heterocycles. The summed E-state index contributed by atoms with van der Waals surface area (Å²) in [5, 5.41) is 8.62. The second-order valence-electron chi connectivity index (χ2n) is 7.54. The van der Waals surface area contributed by atoms with Gasteiger partial charge in [-0.15, -0.1) is 0 Å². The van der Waals surface area contributed by atoms with Crippen LogP contribution in [-0.4, -0.2) is 31.0 Å². The predicted octanol–water partition coefficient (Wildman–Crippen LogP) is 4.43. The van der Waals surface area contributed by atoms with Crippen LogP contribution in [0, 0.1) is 20.8 Å². The molecule has 9 heteroatoms. The minimum atomic E-state index is -0.209. The Kier molecular flexibility index (Phi) is 6.08. The van der Waals surface area contributed by atoms with E-state index in [-0.39, 0.29) is 17.2 Å². The van der Waals surface area contributed by atoms with Gasteiger partial charge < -0.3 is 5.32 Å². The van der Waals surface area contributed by atoms with Crippen molar-refractivity contribution in [2.45, 2.75) is 25.9 Å². The molecular formula is C23H22ClN5O2S. The molecule has 7 nitrogen and oxygen atoms in total.